The normalized spacial score (nSPS) is 23.6. The fraction of sp³-hybridized carbons (Fsp3) is 0.350. The third-order valence-electron chi connectivity index (χ3n) is 5.19. The maximum atomic E-state index is 13.2. The molecular formula is C20H23N3O4S. The molecule has 2 aliphatic rings. The number of ether oxygens (including phenoxy) is 1. The summed E-state index contributed by atoms with van der Waals surface area (Å²) < 4.78 is 34.6. The van der Waals surface area contributed by atoms with Crippen LogP contribution in [0.3, 0.4) is 0 Å². The minimum atomic E-state index is -3.88. The lowest BCUT2D eigenvalue weighted by Gasteiger charge is -2.45. The molecule has 0 radical (unpaired) electrons. The third kappa shape index (κ3) is 3.39. The van der Waals surface area contributed by atoms with E-state index in [1.807, 2.05) is 23.1 Å². The van der Waals surface area contributed by atoms with E-state index in [9.17, 15) is 13.2 Å². The zero-order valence-electron chi connectivity index (χ0n) is 15.5. The first-order chi connectivity index (χ1) is 13.5. The second kappa shape index (κ2) is 7.54. The van der Waals surface area contributed by atoms with Crippen molar-refractivity contribution in [3.63, 3.8) is 0 Å². The molecule has 1 unspecified atom stereocenters. The molecule has 0 aliphatic carbocycles. The minimum Gasteiger partial charge on any atom is -0.444 e. The van der Waals surface area contributed by atoms with Crippen molar-refractivity contribution in [1.82, 2.24) is 9.62 Å². The molecule has 148 valence electrons. The molecule has 2 aromatic rings. The number of rotatable bonds is 5. The predicted molar refractivity (Wildman–Crippen MR) is 105 cm³/mol. The number of nitrogens with zero attached hydrogens (tertiary/aromatic N) is 2. The van der Waals surface area contributed by atoms with Crippen LogP contribution in [0.4, 0.5) is 10.5 Å². The van der Waals surface area contributed by atoms with Crippen molar-refractivity contribution in [2.75, 3.05) is 24.6 Å². The summed E-state index contributed by atoms with van der Waals surface area (Å²) in [6, 6.07) is 17.2. The van der Waals surface area contributed by atoms with Crippen molar-refractivity contribution in [3.8, 4) is 0 Å². The van der Waals surface area contributed by atoms with E-state index in [0.717, 1.165) is 19.3 Å². The Balaban J connectivity index is 1.80. The van der Waals surface area contributed by atoms with Gasteiger partial charge in [0.05, 0.1) is 10.6 Å². The summed E-state index contributed by atoms with van der Waals surface area (Å²) in [7, 11) is -3.88. The van der Waals surface area contributed by atoms with Gasteiger partial charge in [0.2, 0.25) is 15.8 Å². The summed E-state index contributed by atoms with van der Waals surface area (Å²) in [5.74, 6) is -1.30. The number of para-hydroxylation sites is 1. The van der Waals surface area contributed by atoms with Crippen molar-refractivity contribution in [3.05, 3.63) is 60.7 Å². The van der Waals surface area contributed by atoms with E-state index in [0.29, 0.717) is 18.8 Å². The summed E-state index contributed by atoms with van der Waals surface area (Å²) in [6.07, 6.45) is 2.39. The molecular weight excluding hydrogens is 378 g/mol. The molecule has 2 aromatic carbocycles. The first kappa shape index (κ1) is 18.9. The number of hydrogen-bond acceptors (Lipinski definition) is 5. The summed E-state index contributed by atoms with van der Waals surface area (Å²) in [5.41, 5.74) is 0.589. The van der Waals surface area contributed by atoms with E-state index >= 15 is 0 Å². The van der Waals surface area contributed by atoms with Gasteiger partial charge in [0.25, 0.3) is 0 Å². The standard InChI is InChI=1S/C20H23N3O4S/c24-19-23(17-10-4-1-5-11-17)20(16-27-19,22-14-8-3-9-15-22)21-28(25,26)18-12-6-2-7-13-18/h1-2,4-7,10-13,21H,3,8-9,14-16H2. The number of piperidine rings is 1. The Morgan fingerprint density at radius 1 is 0.893 bits per heavy atom. The maximum Gasteiger partial charge on any atom is 0.417 e. The molecule has 2 heterocycles. The number of benzene rings is 2. The molecule has 8 heteroatoms. The summed E-state index contributed by atoms with van der Waals surface area (Å²) in [4.78, 5) is 16.3. The van der Waals surface area contributed by atoms with Crippen LogP contribution in [-0.4, -0.2) is 44.9 Å². The van der Waals surface area contributed by atoms with Crippen molar-refractivity contribution in [2.45, 2.75) is 29.9 Å². The van der Waals surface area contributed by atoms with Gasteiger partial charge >= 0.3 is 6.09 Å². The number of cyclic esters (lactones) is 1. The number of amides is 1. The van der Waals surface area contributed by atoms with E-state index in [2.05, 4.69) is 4.72 Å². The second-order valence-electron chi connectivity index (χ2n) is 7.01. The lowest BCUT2D eigenvalue weighted by atomic mass is 10.1. The molecule has 2 saturated heterocycles. The highest BCUT2D eigenvalue weighted by Gasteiger charge is 2.55. The van der Waals surface area contributed by atoms with Crippen LogP contribution in [0.5, 0.6) is 0 Å². The fourth-order valence-corrected chi connectivity index (χ4v) is 5.19. The molecule has 7 nitrogen and oxygen atoms in total. The average molecular weight is 401 g/mol. The first-order valence-corrected chi connectivity index (χ1v) is 10.9. The van der Waals surface area contributed by atoms with E-state index < -0.39 is 21.9 Å². The first-order valence-electron chi connectivity index (χ1n) is 9.39. The molecule has 0 bridgehead atoms. The predicted octanol–water partition coefficient (Wildman–Crippen LogP) is 2.76. The largest absolute Gasteiger partial charge is 0.444 e. The molecule has 4 rings (SSSR count). The Hall–Kier alpha value is -2.42. The number of nitrogens with one attached hydrogen (secondary N) is 1. The number of carbonyl (C=O) groups is 1. The quantitative estimate of drug-likeness (QED) is 0.833. The van der Waals surface area contributed by atoms with Gasteiger partial charge in [-0.1, -0.05) is 42.8 Å². The van der Waals surface area contributed by atoms with Gasteiger partial charge in [0, 0.05) is 13.1 Å². The van der Waals surface area contributed by atoms with E-state index in [1.54, 1.807) is 30.3 Å². The van der Waals surface area contributed by atoms with Gasteiger partial charge in [-0.25, -0.2) is 18.1 Å². The molecule has 2 aliphatic heterocycles. The molecule has 1 amide bonds. The maximum absolute atomic E-state index is 13.2. The highest BCUT2D eigenvalue weighted by molar-refractivity contribution is 7.89. The van der Waals surface area contributed by atoms with Gasteiger partial charge in [-0.15, -0.1) is 0 Å². The lowest BCUT2D eigenvalue weighted by Crippen LogP contribution is -2.70. The Morgan fingerprint density at radius 2 is 1.50 bits per heavy atom. The SMILES string of the molecule is O=C1OCC(NS(=O)(=O)c2ccccc2)(N2CCCCC2)N1c1ccccc1. The van der Waals surface area contributed by atoms with Crippen LogP contribution in [0, 0.1) is 0 Å². The van der Waals surface area contributed by atoms with Crippen molar-refractivity contribution >= 4 is 21.8 Å². The number of anilines is 1. The summed E-state index contributed by atoms with van der Waals surface area (Å²) in [6.45, 7) is 1.28. The van der Waals surface area contributed by atoms with Crippen LogP contribution in [0.1, 0.15) is 19.3 Å². The Morgan fingerprint density at radius 3 is 2.14 bits per heavy atom. The van der Waals surface area contributed by atoms with Gasteiger partial charge in [-0.05, 0) is 37.1 Å². The molecule has 0 spiro atoms. The topological polar surface area (TPSA) is 78.9 Å². The van der Waals surface area contributed by atoms with E-state index in [4.69, 9.17) is 4.74 Å². The van der Waals surface area contributed by atoms with Crippen LogP contribution in [0.25, 0.3) is 0 Å². The van der Waals surface area contributed by atoms with Crippen LogP contribution in [0.2, 0.25) is 0 Å². The fourth-order valence-electron chi connectivity index (χ4n) is 3.85. The van der Waals surface area contributed by atoms with Crippen molar-refractivity contribution in [1.29, 1.82) is 0 Å². The summed E-state index contributed by atoms with van der Waals surface area (Å²) in [5, 5.41) is 0. The number of hydrogen-bond donors (Lipinski definition) is 1. The highest BCUT2D eigenvalue weighted by atomic mass is 32.2. The van der Waals surface area contributed by atoms with Crippen LogP contribution in [-0.2, 0) is 14.8 Å². The van der Waals surface area contributed by atoms with Gasteiger partial charge in [0.15, 0.2) is 0 Å². The zero-order chi connectivity index (χ0) is 19.6. The minimum absolute atomic E-state index is 0.0766. The van der Waals surface area contributed by atoms with E-state index in [1.165, 1.54) is 17.0 Å². The molecule has 2 fully saturated rings. The number of sulfonamides is 1. The van der Waals surface area contributed by atoms with Gasteiger partial charge in [0.1, 0.15) is 6.61 Å². The number of likely N-dealkylation sites (tertiary alicyclic amines) is 1. The zero-order valence-corrected chi connectivity index (χ0v) is 16.3. The smallest absolute Gasteiger partial charge is 0.417 e. The van der Waals surface area contributed by atoms with Gasteiger partial charge in [-0.2, -0.15) is 4.72 Å². The molecule has 1 N–H and O–H groups in total. The highest BCUT2D eigenvalue weighted by Crippen LogP contribution is 2.34. The van der Waals surface area contributed by atoms with Crippen LogP contribution >= 0.6 is 0 Å². The Labute approximate surface area is 165 Å². The van der Waals surface area contributed by atoms with Crippen molar-refractivity contribution < 1.29 is 17.9 Å². The molecule has 28 heavy (non-hydrogen) atoms. The van der Waals surface area contributed by atoms with Crippen molar-refractivity contribution in [2.24, 2.45) is 0 Å². The Kier molecular flexibility index (Phi) is 5.09. The third-order valence-corrected chi connectivity index (χ3v) is 6.68. The monoisotopic (exact) mass is 401 g/mol. The van der Waals surface area contributed by atoms with Crippen LogP contribution in [0.15, 0.2) is 65.6 Å². The van der Waals surface area contributed by atoms with E-state index in [-0.39, 0.29) is 11.5 Å². The lowest BCUT2D eigenvalue weighted by molar-refractivity contribution is 0.0455. The second-order valence-corrected chi connectivity index (χ2v) is 8.69. The van der Waals surface area contributed by atoms with Gasteiger partial charge < -0.3 is 4.74 Å². The number of carbonyl (C=O) groups excluding carboxylic acids is 1. The summed E-state index contributed by atoms with van der Waals surface area (Å²) >= 11 is 0. The van der Waals surface area contributed by atoms with Gasteiger partial charge in [-0.3, -0.25) is 4.90 Å². The Bertz CT molecular complexity index is 930. The average Bonchev–Trinajstić information content (AvgIpc) is 3.06. The molecule has 1 atom stereocenters. The van der Waals surface area contributed by atoms with Crippen LogP contribution < -0.4 is 9.62 Å². The molecule has 0 saturated carbocycles. The molecule has 0 aromatic heterocycles.